The molecule has 0 spiro atoms. The highest BCUT2D eigenvalue weighted by molar-refractivity contribution is 5.99. The molecular formula is C21H28N2O4. The first-order valence-corrected chi connectivity index (χ1v) is 9.88. The van der Waals surface area contributed by atoms with Crippen LogP contribution in [0.5, 0.6) is 0 Å². The Balaban J connectivity index is 1.54. The van der Waals surface area contributed by atoms with Crippen LogP contribution in [-0.4, -0.2) is 36.5 Å². The molecule has 1 N–H and O–H groups in total. The lowest BCUT2D eigenvalue weighted by Crippen LogP contribution is -2.41. The van der Waals surface area contributed by atoms with E-state index < -0.39 is 18.0 Å². The van der Waals surface area contributed by atoms with Crippen LogP contribution in [0.4, 0.5) is 5.69 Å². The Labute approximate surface area is 160 Å². The summed E-state index contributed by atoms with van der Waals surface area (Å²) >= 11 is 0. The minimum Gasteiger partial charge on any atom is -0.452 e. The van der Waals surface area contributed by atoms with Gasteiger partial charge in [0.25, 0.3) is 5.91 Å². The highest BCUT2D eigenvalue weighted by atomic mass is 16.5. The molecule has 0 radical (unpaired) electrons. The van der Waals surface area contributed by atoms with Gasteiger partial charge in [-0.15, -0.1) is 0 Å². The Kier molecular flexibility index (Phi) is 6.14. The summed E-state index contributed by atoms with van der Waals surface area (Å²) in [6, 6.07) is 7.98. The maximum atomic E-state index is 12.4. The number of amides is 2. The van der Waals surface area contributed by atoms with Gasteiger partial charge in [-0.25, -0.2) is 0 Å². The average molecular weight is 372 g/mol. The minimum absolute atomic E-state index is 0.0933. The van der Waals surface area contributed by atoms with Crippen molar-refractivity contribution in [1.29, 1.82) is 0 Å². The van der Waals surface area contributed by atoms with E-state index in [0.717, 1.165) is 37.8 Å². The molecular weight excluding hydrogens is 344 g/mol. The molecule has 0 unspecified atom stereocenters. The van der Waals surface area contributed by atoms with Gasteiger partial charge in [-0.2, -0.15) is 0 Å². The van der Waals surface area contributed by atoms with Gasteiger partial charge in [-0.05, 0) is 43.9 Å². The number of carbonyl (C=O) groups excluding carboxylic acids is 3. The molecule has 3 rings (SSSR count). The normalized spacial score (nSPS) is 21.3. The van der Waals surface area contributed by atoms with E-state index in [0.29, 0.717) is 6.54 Å². The number of benzene rings is 1. The molecule has 1 heterocycles. The van der Waals surface area contributed by atoms with Crippen LogP contribution < -0.4 is 10.2 Å². The number of aryl methyl sites for hydroxylation is 1. The standard InChI is InChI=1S/C21H28N2O4/c1-3-15-8-10-18(11-9-15)23-13-16(12-19(23)24)21(26)27-14(2)20(25)22-17-6-4-5-7-17/h8-11,14,16-17H,3-7,12-13H2,1-2H3,(H,22,25)/t14-,16-/m1/s1. The number of hydrogen-bond acceptors (Lipinski definition) is 4. The summed E-state index contributed by atoms with van der Waals surface area (Å²) in [5.74, 6) is -1.37. The van der Waals surface area contributed by atoms with Crippen molar-refractivity contribution >= 4 is 23.5 Å². The van der Waals surface area contributed by atoms with Crippen LogP contribution in [0.3, 0.4) is 0 Å². The van der Waals surface area contributed by atoms with Crippen LogP contribution in [0.15, 0.2) is 24.3 Å². The summed E-state index contributed by atoms with van der Waals surface area (Å²) in [6.45, 7) is 3.95. The Morgan fingerprint density at radius 2 is 1.89 bits per heavy atom. The van der Waals surface area contributed by atoms with Gasteiger partial charge in [-0.1, -0.05) is 31.9 Å². The zero-order chi connectivity index (χ0) is 19.4. The van der Waals surface area contributed by atoms with Crippen molar-refractivity contribution in [2.45, 2.75) is 64.5 Å². The molecule has 2 amide bonds. The second-order valence-electron chi connectivity index (χ2n) is 7.49. The minimum atomic E-state index is -0.842. The maximum absolute atomic E-state index is 12.4. The summed E-state index contributed by atoms with van der Waals surface area (Å²) in [7, 11) is 0. The first-order valence-electron chi connectivity index (χ1n) is 9.88. The number of ether oxygens (including phenoxy) is 1. The van der Waals surface area contributed by atoms with E-state index in [4.69, 9.17) is 4.74 Å². The first kappa shape index (κ1) is 19.4. The molecule has 146 valence electrons. The Bertz CT molecular complexity index is 695. The third-order valence-electron chi connectivity index (χ3n) is 5.48. The molecule has 6 heteroatoms. The van der Waals surface area contributed by atoms with E-state index >= 15 is 0 Å². The predicted molar refractivity (Wildman–Crippen MR) is 102 cm³/mol. The van der Waals surface area contributed by atoms with Crippen molar-refractivity contribution < 1.29 is 19.1 Å². The Morgan fingerprint density at radius 3 is 2.52 bits per heavy atom. The number of esters is 1. The van der Waals surface area contributed by atoms with Crippen LogP contribution in [0.25, 0.3) is 0 Å². The number of carbonyl (C=O) groups is 3. The molecule has 2 fully saturated rings. The SMILES string of the molecule is CCc1ccc(N2C[C@H](C(=O)O[C@H](C)C(=O)NC3CCCC3)CC2=O)cc1. The highest BCUT2D eigenvalue weighted by Crippen LogP contribution is 2.26. The molecule has 1 saturated carbocycles. The van der Waals surface area contributed by atoms with Crippen LogP contribution in [0, 0.1) is 5.92 Å². The second kappa shape index (κ2) is 8.55. The van der Waals surface area contributed by atoms with Gasteiger partial charge in [-0.3, -0.25) is 14.4 Å². The summed E-state index contributed by atoms with van der Waals surface area (Å²) in [6.07, 6.45) is 4.42. The van der Waals surface area contributed by atoms with Crippen molar-refractivity contribution in [2.24, 2.45) is 5.92 Å². The third-order valence-corrected chi connectivity index (χ3v) is 5.48. The van der Waals surface area contributed by atoms with Crippen LogP contribution >= 0.6 is 0 Å². The van der Waals surface area contributed by atoms with Gasteiger partial charge in [0.15, 0.2) is 6.10 Å². The average Bonchev–Trinajstić information content (AvgIpc) is 3.31. The van der Waals surface area contributed by atoms with Crippen molar-refractivity contribution in [1.82, 2.24) is 5.32 Å². The van der Waals surface area contributed by atoms with E-state index in [1.54, 1.807) is 11.8 Å². The fourth-order valence-corrected chi connectivity index (χ4v) is 3.74. The lowest BCUT2D eigenvalue weighted by atomic mass is 10.1. The van der Waals surface area contributed by atoms with Crippen molar-refractivity contribution in [3.63, 3.8) is 0 Å². The molecule has 0 bridgehead atoms. The molecule has 1 saturated heterocycles. The van der Waals surface area contributed by atoms with E-state index in [9.17, 15) is 14.4 Å². The van der Waals surface area contributed by atoms with Crippen LogP contribution in [0.2, 0.25) is 0 Å². The number of rotatable bonds is 6. The molecule has 1 aromatic rings. The van der Waals surface area contributed by atoms with E-state index in [-0.39, 0.29) is 24.3 Å². The zero-order valence-electron chi connectivity index (χ0n) is 16.1. The molecule has 1 aromatic carbocycles. The summed E-state index contributed by atoms with van der Waals surface area (Å²) in [5.41, 5.74) is 1.99. The third kappa shape index (κ3) is 4.67. The topological polar surface area (TPSA) is 75.7 Å². The van der Waals surface area contributed by atoms with Crippen LogP contribution in [0.1, 0.15) is 51.5 Å². The largest absolute Gasteiger partial charge is 0.452 e. The smallest absolute Gasteiger partial charge is 0.312 e. The number of hydrogen-bond donors (Lipinski definition) is 1. The van der Waals surface area contributed by atoms with E-state index in [1.165, 1.54) is 5.56 Å². The number of nitrogens with zero attached hydrogens (tertiary/aromatic N) is 1. The summed E-state index contributed by atoms with van der Waals surface area (Å²) in [5, 5.41) is 2.94. The Morgan fingerprint density at radius 1 is 1.22 bits per heavy atom. The molecule has 1 aliphatic carbocycles. The van der Waals surface area contributed by atoms with Crippen molar-refractivity contribution in [3.05, 3.63) is 29.8 Å². The van der Waals surface area contributed by atoms with Crippen LogP contribution in [-0.2, 0) is 25.5 Å². The predicted octanol–water partition coefficient (Wildman–Crippen LogP) is 2.59. The van der Waals surface area contributed by atoms with Gasteiger partial charge in [0.05, 0.1) is 5.92 Å². The van der Waals surface area contributed by atoms with Gasteiger partial charge in [0.1, 0.15) is 0 Å². The van der Waals surface area contributed by atoms with E-state index in [2.05, 4.69) is 12.2 Å². The Hall–Kier alpha value is -2.37. The summed E-state index contributed by atoms with van der Waals surface area (Å²) in [4.78, 5) is 38.6. The maximum Gasteiger partial charge on any atom is 0.312 e. The molecule has 27 heavy (non-hydrogen) atoms. The van der Waals surface area contributed by atoms with Gasteiger partial charge in [0, 0.05) is 24.7 Å². The molecule has 2 aliphatic rings. The molecule has 6 nitrogen and oxygen atoms in total. The fraction of sp³-hybridized carbons (Fsp3) is 0.571. The van der Waals surface area contributed by atoms with Gasteiger partial charge >= 0.3 is 5.97 Å². The quantitative estimate of drug-likeness (QED) is 0.779. The zero-order valence-corrected chi connectivity index (χ0v) is 16.1. The van der Waals surface area contributed by atoms with Crippen molar-refractivity contribution in [2.75, 3.05) is 11.4 Å². The van der Waals surface area contributed by atoms with Gasteiger partial charge < -0.3 is 15.0 Å². The lowest BCUT2D eigenvalue weighted by Gasteiger charge is -2.19. The second-order valence-corrected chi connectivity index (χ2v) is 7.49. The molecule has 0 aromatic heterocycles. The first-order chi connectivity index (χ1) is 13.0. The molecule has 1 aliphatic heterocycles. The summed E-state index contributed by atoms with van der Waals surface area (Å²) < 4.78 is 5.35. The van der Waals surface area contributed by atoms with Crippen molar-refractivity contribution in [3.8, 4) is 0 Å². The molecule has 2 atom stereocenters. The number of nitrogens with one attached hydrogen (secondary N) is 1. The lowest BCUT2D eigenvalue weighted by molar-refractivity contribution is -0.158. The number of anilines is 1. The van der Waals surface area contributed by atoms with E-state index in [1.807, 2.05) is 24.3 Å². The monoisotopic (exact) mass is 372 g/mol. The van der Waals surface area contributed by atoms with Gasteiger partial charge in [0.2, 0.25) is 5.91 Å². The highest BCUT2D eigenvalue weighted by Gasteiger charge is 2.37. The fourth-order valence-electron chi connectivity index (χ4n) is 3.74.